The lowest BCUT2D eigenvalue weighted by atomic mass is 9.64. The highest BCUT2D eigenvalue weighted by atomic mass is 127. The molecule has 0 bridgehead atoms. The number of alkyl halides is 6. The molecule has 0 spiro atoms. The van der Waals surface area contributed by atoms with Crippen LogP contribution >= 0.6 is 22.6 Å². The Hall–Kier alpha value is -3.57. The Morgan fingerprint density at radius 2 is 1.60 bits per heavy atom. The van der Waals surface area contributed by atoms with Crippen LogP contribution in [0.2, 0.25) is 0 Å². The zero-order valence-corrected chi connectivity index (χ0v) is 26.5. The Balaban J connectivity index is 1.41. The van der Waals surface area contributed by atoms with Crippen LogP contribution in [0, 0.1) is 27.2 Å². The number of ether oxygens (including phenoxy) is 3. The summed E-state index contributed by atoms with van der Waals surface area (Å²) in [5.41, 5.74) is -3.76. The number of aromatic hydroxyl groups is 1. The molecule has 3 aromatic rings. The highest BCUT2D eigenvalue weighted by Gasteiger charge is 2.67. The van der Waals surface area contributed by atoms with E-state index in [-0.39, 0.29) is 37.0 Å². The van der Waals surface area contributed by atoms with Gasteiger partial charge in [0.25, 0.3) is 0 Å². The van der Waals surface area contributed by atoms with Crippen molar-refractivity contribution in [3.8, 4) is 17.2 Å². The van der Waals surface area contributed by atoms with Crippen LogP contribution in [0.15, 0.2) is 60.7 Å². The van der Waals surface area contributed by atoms with Gasteiger partial charge in [0.2, 0.25) is 11.8 Å². The summed E-state index contributed by atoms with van der Waals surface area (Å²) in [6.07, 6.45) is -11.6. The van der Waals surface area contributed by atoms with Crippen molar-refractivity contribution in [3.05, 3.63) is 80.9 Å². The van der Waals surface area contributed by atoms with Crippen molar-refractivity contribution < 1.29 is 60.4 Å². The van der Waals surface area contributed by atoms with Crippen molar-refractivity contribution in [3.63, 3.8) is 0 Å². The van der Waals surface area contributed by atoms with Gasteiger partial charge in [0, 0.05) is 11.8 Å². The van der Waals surface area contributed by atoms with Gasteiger partial charge >= 0.3 is 12.4 Å². The number of hydrogen-bond donors (Lipinski definition) is 2. The van der Waals surface area contributed by atoms with Gasteiger partial charge in [0.1, 0.15) is 5.75 Å². The Morgan fingerprint density at radius 1 is 0.957 bits per heavy atom. The SMILES string of the molecule is COc1cc([C@@H]2C[C@H]3[C@H]4C(=O)N(c5cc(C(F)(F)F)cc(C(F)(F)F)c5)C(=O)[C@H]4C[C@H](COc4ccccc4)[C@@]3(O)O2)cc(I)c1O. The zero-order valence-electron chi connectivity index (χ0n) is 24.3. The number of anilines is 1. The van der Waals surface area contributed by atoms with Crippen LogP contribution in [0.5, 0.6) is 17.2 Å². The van der Waals surface area contributed by atoms with Crippen LogP contribution in [-0.4, -0.2) is 41.5 Å². The van der Waals surface area contributed by atoms with Crippen molar-refractivity contribution >= 4 is 40.1 Å². The molecule has 6 rings (SSSR count). The van der Waals surface area contributed by atoms with Gasteiger partial charge in [-0.25, -0.2) is 0 Å². The Morgan fingerprint density at radius 3 is 2.19 bits per heavy atom. The second-order valence-corrected chi connectivity index (χ2v) is 12.9. The molecule has 0 unspecified atom stereocenters. The van der Waals surface area contributed by atoms with E-state index in [2.05, 4.69) is 0 Å². The Kier molecular flexibility index (Phi) is 8.40. The van der Waals surface area contributed by atoms with Crippen molar-refractivity contribution in [2.45, 2.75) is 37.1 Å². The van der Waals surface area contributed by atoms with E-state index in [1.807, 2.05) is 22.6 Å². The molecule has 8 nitrogen and oxygen atoms in total. The lowest BCUT2D eigenvalue weighted by Gasteiger charge is -2.44. The summed E-state index contributed by atoms with van der Waals surface area (Å²) in [5, 5.41) is 22.5. The summed E-state index contributed by atoms with van der Waals surface area (Å²) < 4.78 is 99.9. The number of para-hydroxylation sites is 1. The number of benzene rings is 3. The van der Waals surface area contributed by atoms with E-state index in [1.165, 1.54) is 13.2 Å². The maximum Gasteiger partial charge on any atom is 0.416 e. The van der Waals surface area contributed by atoms with Crippen molar-refractivity contribution in [2.75, 3.05) is 18.6 Å². The summed E-state index contributed by atoms with van der Waals surface area (Å²) in [4.78, 5) is 28.2. The van der Waals surface area contributed by atoms with Crippen molar-refractivity contribution in [1.29, 1.82) is 0 Å². The lowest BCUT2D eigenvalue weighted by Crippen LogP contribution is -2.55. The standard InChI is InChI=1S/C32H26F6INO7/c1-45-25-8-15(7-23(39)27(25)41)24-13-22-26-21(12-18(30(22,44)47-24)14-46-20-5-3-2-4-6-20)28(42)40(29(26)43)19-10-16(31(33,34)35)9-17(11-19)32(36,37)38/h2-11,18,21-22,24,26,41,44H,12-14H2,1H3/t18-,21+,22+,24+,26+,30-/m1/s1. The minimum Gasteiger partial charge on any atom is -0.504 e. The van der Waals surface area contributed by atoms with E-state index < -0.39 is 76.5 Å². The molecule has 1 saturated carbocycles. The van der Waals surface area contributed by atoms with Gasteiger partial charge in [-0.1, -0.05) is 18.2 Å². The first-order chi connectivity index (χ1) is 22.0. The quantitative estimate of drug-likeness (QED) is 0.163. The fourth-order valence-electron chi connectivity index (χ4n) is 6.85. The van der Waals surface area contributed by atoms with Crippen molar-refractivity contribution in [1.82, 2.24) is 0 Å². The minimum absolute atomic E-state index is 0.0488. The molecule has 2 heterocycles. The lowest BCUT2D eigenvalue weighted by molar-refractivity contribution is -0.272. The number of carbonyl (C=O) groups is 2. The fraction of sp³-hybridized carbons (Fsp3) is 0.375. The number of halogens is 7. The highest BCUT2D eigenvalue weighted by molar-refractivity contribution is 14.1. The number of carbonyl (C=O) groups excluding carboxylic acids is 2. The number of fused-ring (bicyclic) bond motifs is 3. The van der Waals surface area contributed by atoms with Crippen LogP contribution < -0.4 is 14.4 Å². The number of hydrogen-bond acceptors (Lipinski definition) is 7. The first kappa shape index (κ1) is 33.3. The second kappa shape index (κ2) is 11.8. The maximum atomic E-state index is 14.0. The molecule has 15 heteroatoms. The number of rotatable bonds is 6. The van der Waals surface area contributed by atoms with Crippen LogP contribution in [0.3, 0.4) is 0 Å². The minimum atomic E-state index is -5.20. The van der Waals surface area contributed by atoms with Gasteiger partial charge in [0.15, 0.2) is 17.3 Å². The number of phenolic OH excluding ortho intramolecular Hbond substituents is 1. The molecular weight excluding hydrogens is 751 g/mol. The number of imide groups is 1. The predicted molar refractivity (Wildman–Crippen MR) is 160 cm³/mol. The van der Waals surface area contributed by atoms with E-state index in [4.69, 9.17) is 14.2 Å². The second-order valence-electron chi connectivity index (χ2n) is 11.7. The average Bonchev–Trinajstić information content (AvgIpc) is 3.49. The molecule has 250 valence electrons. The smallest absolute Gasteiger partial charge is 0.416 e. The van der Waals surface area contributed by atoms with Gasteiger partial charge in [-0.3, -0.25) is 14.5 Å². The van der Waals surface area contributed by atoms with Gasteiger partial charge in [-0.05, 0) is 83.5 Å². The number of aliphatic hydroxyl groups is 1. The molecule has 47 heavy (non-hydrogen) atoms. The van der Waals surface area contributed by atoms with Gasteiger partial charge in [-0.2, -0.15) is 26.3 Å². The molecular formula is C32H26F6INO7. The topological polar surface area (TPSA) is 106 Å². The number of nitrogens with zero attached hydrogens (tertiary/aromatic N) is 1. The fourth-order valence-corrected chi connectivity index (χ4v) is 7.48. The molecule has 2 saturated heterocycles. The summed E-state index contributed by atoms with van der Waals surface area (Å²) in [7, 11) is 1.34. The summed E-state index contributed by atoms with van der Waals surface area (Å²) in [6.45, 7) is -0.188. The van der Waals surface area contributed by atoms with E-state index in [1.54, 1.807) is 36.4 Å². The molecule has 2 aliphatic heterocycles. The third kappa shape index (κ3) is 5.90. The van der Waals surface area contributed by atoms with Gasteiger partial charge in [-0.15, -0.1) is 0 Å². The molecule has 2 amide bonds. The van der Waals surface area contributed by atoms with E-state index in [9.17, 15) is 46.1 Å². The molecule has 6 atom stereocenters. The monoisotopic (exact) mass is 777 g/mol. The van der Waals surface area contributed by atoms with Crippen LogP contribution in [0.1, 0.15) is 35.6 Å². The van der Waals surface area contributed by atoms with Crippen LogP contribution in [0.4, 0.5) is 32.0 Å². The predicted octanol–water partition coefficient (Wildman–Crippen LogP) is 6.71. The summed E-state index contributed by atoms with van der Waals surface area (Å²) >= 11 is 1.88. The Bertz CT molecular complexity index is 1690. The maximum absolute atomic E-state index is 14.0. The molecule has 0 radical (unpaired) electrons. The van der Waals surface area contributed by atoms with Crippen molar-refractivity contribution in [2.24, 2.45) is 23.7 Å². The normalized spacial score (nSPS) is 27.5. The zero-order chi connectivity index (χ0) is 34.1. The van der Waals surface area contributed by atoms with E-state index in [0.717, 1.165) is 0 Å². The number of phenols is 1. The van der Waals surface area contributed by atoms with E-state index in [0.29, 0.717) is 31.9 Å². The summed E-state index contributed by atoms with van der Waals surface area (Å²) in [6, 6.07) is 12.2. The largest absolute Gasteiger partial charge is 0.504 e. The molecule has 3 aromatic carbocycles. The van der Waals surface area contributed by atoms with Crippen LogP contribution in [-0.2, 0) is 26.7 Å². The third-order valence-electron chi connectivity index (χ3n) is 9.03. The molecule has 2 N–H and O–H groups in total. The Labute approximate surface area is 277 Å². The highest BCUT2D eigenvalue weighted by Crippen LogP contribution is 2.59. The van der Waals surface area contributed by atoms with Crippen LogP contribution in [0.25, 0.3) is 0 Å². The molecule has 1 aliphatic carbocycles. The summed E-state index contributed by atoms with van der Waals surface area (Å²) in [5.74, 6) is -8.28. The molecule has 3 fully saturated rings. The average molecular weight is 777 g/mol. The first-order valence-corrected chi connectivity index (χ1v) is 15.4. The molecule has 3 aliphatic rings. The van der Waals surface area contributed by atoms with Gasteiger partial charge in [0.05, 0.1) is 52.0 Å². The third-order valence-corrected chi connectivity index (χ3v) is 9.85. The number of amides is 2. The number of methoxy groups -OCH3 is 1. The van der Waals surface area contributed by atoms with Gasteiger partial charge < -0.3 is 24.4 Å². The van der Waals surface area contributed by atoms with E-state index >= 15 is 0 Å². The molecule has 0 aromatic heterocycles. The first-order valence-electron chi connectivity index (χ1n) is 14.3.